The summed E-state index contributed by atoms with van der Waals surface area (Å²) in [5.41, 5.74) is 2.27. The minimum Gasteiger partial charge on any atom is -0.336 e. The molecule has 2 fully saturated rings. The molecule has 0 spiro atoms. The standard InChI is InChI=1S/C32H44N4O2/c1-31(2,3)33-30(38)36(22-26-12-13-27-21-28(26)32(27,4)5)19-16-34-14-17-35(18-15-34)29(37)25-11-10-23-8-6-7-9-24(23)20-25/h6-12,20,27-28H,13-19,21-22H2,1-5H3,(H,33,38). The molecule has 6 rings (SSSR count). The predicted octanol–water partition coefficient (Wildman–Crippen LogP) is 5.40. The molecule has 38 heavy (non-hydrogen) atoms. The Morgan fingerprint density at radius 3 is 2.39 bits per heavy atom. The highest BCUT2D eigenvalue weighted by atomic mass is 16.2. The quantitative estimate of drug-likeness (QED) is 0.523. The smallest absolute Gasteiger partial charge is 0.318 e. The predicted molar refractivity (Wildman–Crippen MR) is 154 cm³/mol. The lowest BCUT2D eigenvalue weighted by molar-refractivity contribution is -0.00990. The molecule has 2 unspecified atom stereocenters. The van der Waals surface area contributed by atoms with Gasteiger partial charge in [0.25, 0.3) is 5.91 Å². The lowest BCUT2D eigenvalue weighted by atomic mass is 9.49. The first kappa shape index (κ1) is 26.7. The van der Waals surface area contributed by atoms with E-state index in [0.717, 1.165) is 48.3 Å². The van der Waals surface area contributed by atoms with Crippen molar-refractivity contribution in [1.82, 2.24) is 20.0 Å². The number of urea groups is 1. The summed E-state index contributed by atoms with van der Waals surface area (Å²) in [6, 6.07) is 14.1. The Bertz CT molecular complexity index is 1220. The van der Waals surface area contributed by atoms with Gasteiger partial charge in [-0.25, -0.2) is 4.79 Å². The maximum Gasteiger partial charge on any atom is 0.318 e. The molecule has 2 aromatic carbocycles. The highest BCUT2D eigenvalue weighted by Gasteiger charge is 2.51. The molecule has 1 heterocycles. The number of carbonyl (C=O) groups is 2. The van der Waals surface area contributed by atoms with Crippen molar-refractivity contribution in [2.45, 2.75) is 53.0 Å². The number of carbonyl (C=O) groups excluding carboxylic acids is 2. The number of benzene rings is 2. The summed E-state index contributed by atoms with van der Waals surface area (Å²) in [4.78, 5) is 32.8. The van der Waals surface area contributed by atoms with E-state index in [2.05, 4.69) is 42.3 Å². The van der Waals surface area contributed by atoms with Crippen LogP contribution in [0.5, 0.6) is 0 Å². The van der Waals surface area contributed by atoms with Gasteiger partial charge in [-0.05, 0) is 73.8 Å². The van der Waals surface area contributed by atoms with Crippen molar-refractivity contribution < 1.29 is 9.59 Å². The van der Waals surface area contributed by atoms with E-state index in [0.29, 0.717) is 37.5 Å². The van der Waals surface area contributed by atoms with Crippen LogP contribution in [0.3, 0.4) is 0 Å². The Morgan fingerprint density at radius 1 is 1.03 bits per heavy atom. The number of allylic oxidation sites excluding steroid dienone is 1. The maximum atomic E-state index is 13.3. The van der Waals surface area contributed by atoms with Crippen molar-refractivity contribution >= 4 is 22.7 Å². The fourth-order valence-corrected chi connectivity index (χ4v) is 6.47. The molecule has 2 aromatic rings. The third kappa shape index (κ3) is 5.61. The lowest BCUT2D eigenvalue weighted by Crippen LogP contribution is -2.55. The number of hydrogen-bond acceptors (Lipinski definition) is 3. The minimum atomic E-state index is -0.272. The number of fused-ring (bicyclic) bond motifs is 2. The van der Waals surface area contributed by atoms with Crippen LogP contribution in [0.1, 0.15) is 57.8 Å². The van der Waals surface area contributed by atoms with E-state index in [9.17, 15) is 9.59 Å². The molecule has 204 valence electrons. The van der Waals surface area contributed by atoms with Crippen molar-refractivity contribution in [1.29, 1.82) is 0 Å². The van der Waals surface area contributed by atoms with Crippen LogP contribution in [0, 0.1) is 17.3 Å². The van der Waals surface area contributed by atoms with Gasteiger partial charge in [0.15, 0.2) is 0 Å². The summed E-state index contributed by atoms with van der Waals surface area (Å²) in [5.74, 6) is 1.49. The van der Waals surface area contributed by atoms with Gasteiger partial charge in [-0.2, -0.15) is 0 Å². The molecule has 0 aromatic heterocycles. The van der Waals surface area contributed by atoms with Crippen LogP contribution in [-0.2, 0) is 0 Å². The lowest BCUT2D eigenvalue weighted by Gasteiger charge is -2.57. The van der Waals surface area contributed by atoms with Gasteiger partial charge in [0, 0.05) is 56.9 Å². The fraction of sp³-hybridized carbons (Fsp3) is 0.562. The molecule has 6 heteroatoms. The summed E-state index contributed by atoms with van der Waals surface area (Å²) < 4.78 is 0. The molecule has 1 aliphatic heterocycles. The van der Waals surface area contributed by atoms with Gasteiger partial charge < -0.3 is 15.1 Å². The van der Waals surface area contributed by atoms with Crippen LogP contribution >= 0.6 is 0 Å². The average Bonchev–Trinajstić information content (AvgIpc) is 2.89. The van der Waals surface area contributed by atoms with E-state index in [1.165, 1.54) is 12.0 Å². The highest BCUT2D eigenvalue weighted by molar-refractivity contribution is 5.98. The summed E-state index contributed by atoms with van der Waals surface area (Å²) >= 11 is 0. The van der Waals surface area contributed by atoms with Crippen LogP contribution in [0.15, 0.2) is 54.1 Å². The monoisotopic (exact) mass is 516 g/mol. The second-order valence-electron chi connectivity index (χ2n) is 13.1. The first-order valence-corrected chi connectivity index (χ1v) is 14.3. The van der Waals surface area contributed by atoms with Crippen LogP contribution in [0.2, 0.25) is 0 Å². The number of nitrogens with zero attached hydrogens (tertiary/aromatic N) is 3. The van der Waals surface area contributed by atoms with Crippen LogP contribution < -0.4 is 5.32 Å². The fourth-order valence-electron chi connectivity index (χ4n) is 6.47. The second kappa shape index (κ2) is 10.4. The summed E-state index contributed by atoms with van der Waals surface area (Å²) in [5, 5.41) is 5.43. The minimum absolute atomic E-state index is 0.0165. The van der Waals surface area contributed by atoms with Crippen LogP contribution in [0.25, 0.3) is 10.8 Å². The molecule has 3 aliphatic carbocycles. The molecule has 3 amide bonds. The Hall–Kier alpha value is -2.86. The SMILES string of the molecule is CC(C)(C)NC(=O)N(CCN1CCN(C(=O)c2ccc3ccccc3c2)CC1)CC1=CCC2CC1C2(C)C. The Labute approximate surface area is 228 Å². The number of nitrogens with one attached hydrogen (secondary N) is 1. The van der Waals surface area contributed by atoms with Gasteiger partial charge >= 0.3 is 6.03 Å². The molecule has 1 saturated carbocycles. The van der Waals surface area contributed by atoms with Crippen molar-refractivity contribution in [2.24, 2.45) is 17.3 Å². The zero-order valence-electron chi connectivity index (χ0n) is 23.8. The first-order valence-electron chi connectivity index (χ1n) is 14.3. The molecular weight excluding hydrogens is 472 g/mol. The molecule has 6 nitrogen and oxygen atoms in total. The maximum absolute atomic E-state index is 13.3. The third-order valence-electron chi connectivity index (χ3n) is 9.07. The molecule has 1 N–H and O–H groups in total. The molecule has 1 saturated heterocycles. The van der Waals surface area contributed by atoms with Crippen LogP contribution in [0.4, 0.5) is 4.79 Å². The van der Waals surface area contributed by atoms with Gasteiger partial charge in [-0.15, -0.1) is 0 Å². The van der Waals surface area contributed by atoms with Gasteiger partial charge in [0.2, 0.25) is 0 Å². The number of amides is 3. The van der Waals surface area contributed by atoms with E-state index >= 15 is 0 Å². The molecule has 2 atom stereocenters. The zero-order valence-corrected chi connectivity index (χ0v) is 23.8. The normalized spacial score (nSPS) is 23.0. The summed E-state index contributed by atoms with van der Waals surface area (Å²) in [7, 11) is 0. The van der Waals surface area contributed by atoms with E-state index < -0.39 is 0 Å². The number of rotatable bonds is 6. The van der Waals surface area contributed by atoms with Gasteiger partial charge in [-0.3, -0.25) is 9.69 Å². The summed E-state index contributed by atoms with van der Waals surface area (Å²) in [6.45, 7) is 16.2. The van der Waals surface area contributed by atoms with Crippen molar-refractivity contribution in [3.63, 3.8) is 0 Å². The average molecular weight is 517 g/mol. The zero-order chi connectivity index (χ0) is 27.1. The molecular formula is C32H44N4O2. The van der Waals surface area contributed by atoms with Crippen molar-refractivity contribution in [3.8, 4) is 0 Å². The molecule has 4 aliphatic rings. The van der Waals surface area contributed by atoms with E-state index in [1.807, 2.05) is 60.9 Å². The highest BCUT2D eigenvalue weighted by Crippen LogP contribution is 2.59. The van der Waals surface area contributed by atoms with E-state index in [-0.39, 0.29) is 17.5 Å². The first-order chi connectivity index (χ1) is 18.0. The van der Waals surface area contributed by atoms with Gasteiger partial charge in [0.1, 0.15) is 0 Å². The third-order valence-corrected chi connectivity index (χ3v) is 9.07. The van der Waals surface area contributed by atoms with E-state index in [1.54, 1.807) is 0 Å². The van der Waals surface area contributed by atoms with Crippen molar-refractivity contribution in [3.05, 3.63) is 59.7 Å². The van der Waals surface area contributed by atoms with Gasteiger partial charge in [-0.1, -0.05) is 55.8 Å². The second-order valence-corrected chi connectivity index (χ2v) is 13.1. The van der Waals surface area contributed by atoms with Gasteiger partial charge in [0.05, 0.1) is 0 Å². The van der Waals surface area contributed by atoms with E-state index in [4.69, 9.17) is 0 Å². The Kier molecular flexibility index (Phi) is 7.29. The summed E-state index contributed by atoms with van der Waals surface area (Å²) in [6.07, 6.45) is 4.81. The van der Waals surface area contributed by atoms with Crippen molar-refractivity contribution in [2.75, 3.05) is 45.8 Å². The topological polar surface area (TPSA) is 55.9 Å². The molecule has 2 bridgehead atoms. The number of hydrogen-bond donors (Lipinski definition) is 1. The largest absolute Gasteiger partial charge is 0.336 e. The Balaban J connectivity index is 1.17. The molecule has 0 radical (unpaired) electrons. The van der Waals surface area contributed by atoms with Crippen LogP contribution in [-0.4, -0.2) is 78.0 Å². The Morgan fingerprint density at radius 2 is 1.74 bits per heavy atom. The number of piperazine rings is 1.